The lowest BCUT2D eigenvalue weighted by Gasteiger charge is -2.19. The fraction of sp³-hybridized carbons (Fsp3) is 0.167. The number of nitrogens with one attached hydrogen (secondary N) is 1. The number of benzene rings is 2. The number of nitrogens with zero attached hydrogens (tertiary/aromatic N) is 1. The van der Waals surface area contributed by atoms with Gasteiger partial charge in [0, 0.05) is 22.8 Å². The Bertz CT molecular complexity index is 828. The van der Waals surface area contributed by atoms with Gasteiger partial charge in [0.25, 0.3) is 6.43 Å². The molecule has 23 heavy (non-hydrogen) atoms. The first-order chi connectivity index (χ1) is 11.1. The van der Waals surface area contributed by atoms with Crippen molar-refractivity contribution in [2.45, 2.75) is 19.4 Å². The maximum absolute atomic E-state index is 14.3. The summed E-state index contributed by atoms with van der Waals surface area (Å²) in [4.78, 5) is 4.26. The minimum atomic E-state index is -2.83. The summed E-state index contributed by atoms with van der Waals surface area (Å²) in [6.45, 7) is 1.74. The summed E-state index contributed by atoms with van der Waals surface area (Å²) in [5, 5.41) is 4.08. The lowest BCUT2D eigenvalue weighted by molar-refractivity contribution is 0.146. The zero-order valence-corrected chi connectivity index (χ0v) is 12.4. The summed E-state index contributed by atoms with van der Waals surface area (Å²) >= 11 is 0. The van der Waals surface area contributed by atoms with Crippen LogP contribution in [0.4, 0.5) is 18.9 Å². The van der Waals surface area contributed by atoms with Gasteiger partial charge in [0.15, 0.2) is 0 Å². The number of pyridine rings is 1. The number of fused-ring (bicyclic) bond motifs is 1. The third kappa shape index (κ3) is 2.99. The van der Waals surface area contributed by atoms with Crippen molar-refractivity contribution in [3.05, 3.63) is 71.7 Å². The first kappa shape index (κ1) is 15.3. The molecule has 1 heterocycles. The van der Waals surface area contributed by atoms with E-state index in [0.717, 1.165) is 22.7 Å². The molecule has 0 aliphatic carbocycles. The average molecular weight is 316 g/mol. The van der Waals surface area contributed by atoms with Gasteiger partial charge >= 0.3 is 0 Å². The molecule has 0 fully saturated rings. The van der Waals surface area contributed by atoms with Crippen LogP contribution in [0.5, 0.6) is 0 Å². The van der Waals surface area contributed by atoms with Gasteiger partial charge in [0.2, 0.25) is 0 Å². The molecule has 118 valence electrons. The molecule has 0 saturated heterocycles. The van der Waals surface area contributed by atoms with E-state index in [0.29, 0.717) is 0 Å². The standard InChI is InChI=1S/C18H15F3N2/c1-11(12-6-4-7-14(17(12)19)18(20)21)23-16-9-10-22-15-8-3-2-5-13(15)16/h2-11,18H,1H3,(H,22,23). The van der Waals surface area contributed by atoms with Gasteiger partial charge in [-0.2, -0.15) is 0 Å². The second-order valence-electron chi connectivity index (χ2n) is 5.29. The minimum Gasteiger partial charge on any atom is -0.378 e. The van der Waals surface area contributed by atoms with Gasteiger partial charge in [-0.1, -0.05) is 36.4 Å². The summed E-state index contributed by atoms with van der Waals surface area (Å²) < 4.78 is 39.9. The number of halogens is 3. The predicted molar refractivity (Wildman–Crippen MR) is 85.1 cm³/mol. The largest absolute Gasteiger partial charge is 0.378 e. The highest BCUT2D eigenvalue weighted by Crippen LogP contribution is 2.30. The van der Waals surface area contributed by atoms with Crippen LogP contribution < -0.4 is 5.32 Å². The van der Waals surface area contributed by atoms with E-state index in [-0.39, 0.29) is 5.56 Å². The molecular formula is C18H15F3N2. The first-order valence-electron chi connectivity index (χ1n) is 7.24. The second kappa shape index (κ2) is 6.28. The molecule has 1 unspecified atom stereocenters. The summed E-state index contributed by atoms with van der Waals surface area (Å²) in [5.41, 5.74) is 1.23. The highest BCUT2D eigenvalue weighted by molar-refractivity contribution is 5.91. The van der Waals surface area contributed by atoms with Crippen molar-refractivity contribution in [3.8, 4) is 0 Å². The lowest BCUT2D eigenvalue weighted by atomic mass is 10.0. The normalized spacial score (nSPS) is 12.6. The Balaban J connectivity index is 1.95. The number of anilines is 1. The smallest absolute Gasteiger partial charge is 0.266 e. The SMILES string of the molecule is CC(Nc1ccnc2ccccc12)c1cccc(C(F)F)c1F. The first-order valence-corrected chi connectivity index (χ1v) is 7.24. The Morgan fingerprint density at radius 3 is 2.48 bits per heavy atom. The van der Waals surface area contributed by atoms with Crippen molar-refractivity contribution in [1.82, 2.24) is 4.98 Å². The van der Waals surface area contributed by atoms with Crippen LogP contribution in [0.3, 0.4) is 0 Å². The predicted octanol–water partition coefficient (Wildman–Crippen LogP) is 5.48. The highest BCUT2D eigenvalue weighted by atomic mass is 19.3. The van der Waals surface area contributed by atoms with E-state index in [2.05, 4.69) is 10.3 Å². The quantitative estimate of drug-likeness (QED) is 0.689. The van der Waals surface area contributed by atoms with Gasteiger partial charge in [-0.15, -0.1) is 0 Å². The second-order valence-corrected chi connectivity index (χ2v) is 5.29. The fourth-order valence-electron chi connectivity index (χ4n) is 2.60. The van der Waals surface area contributed by atoms with Crippen LogP contribution in [0.15, 0.2) is 54.7 Å². The van der Waals surface area contributed by atoms with Crippen LogP contribution in [0.1, 0.15) is 30.5 Å². The Kier molecular flexibility index (Phi) is 4.19. The fourth-order valence-corrected chi connectivity index (χ4v) is 2.60. The summed E-state index contributed by atoms with van der Waals surface area (Å²) in [7, 11) is 0. The molecule has 0 aliphatic rings. The van der Waals surface area contributed by atoms with Crippen molar-refractivity contribution in [3.63, 3.8) is 0 Å². The van der Waals surface area contributed by atoms with E-state index in [1.165, 1.54) is 12.1 Å². The van der Waals surface area contributed by atoms with E-state index in [1.807, 2.05) is 24.3 Å². The van der Waals surface area contributed by atoms with Gasteiger partial charge in [0.05, 0.1) is 17.1 Å². The average Bonchev–Trinajstić information content (AvgIpc) is 2.55. The molecule has 0 amide bonds. The van der Waals surface area contributed by atoms with Crippen LogP contribution in [0, 0.1) is 5.82 Å². The van der Waals surface area contributed by atoms with E-state index in [4.69, 9.17) is 0 Å². The number of rotatable bonds is 4. The van der Waals surface area contributed by atoms with Crippen molar-refractivity contribution in [1.29, 1.82) is 0 Å². The number of alkyl halides is 2. The maximum Gasteiger partial charge on any atom is 0.266 e. The molecular weight excluding hydrogens is 301 g/mol. The zero-order valence-electron chi connectivity index (χ0n) is 12.4. The van der Waals surface area contributed by atoms with E-state index in [9.17, 15) is 13.2 Å². The van der Waals surface area contributed by atoms with Crippen molar-refractivity contribution in [2.24, 2.45) is 0 Å². The van der Waals surface area contributed by atoms with Crippen molar-refractivity contribution in [2.75, 3.05) is 5.32 Å². The molecule has 2 aromatic carbocycles. The molecule has 0 radical (unpaired) electrons. The summed E-state index contributed by atoms with van der Waals surface area (Å²) in [5.74, 6) is -0.860. The molecule has 3 aromatic rings. The summed E-state index contributed by atoms with van der Waals surface area (Å²) in [6.07, 6.45) is -1.17. The molecule has 5 heteroatoms. The van der Waals surface area contributed by atoms with Crippen LogP contribution in [0.25, 0.3) is 10.9 Å². The van der Waals surface area contributed by atoms with Crippen LogP contribution in [0.2, 0.25) is 0 Å². The van der Waals surface area contributed by atoms with Gasteiger partial charge in [-0.3, -0.25) is 4.98 Å². The van der Waals surface area contributed by atoms with Gasteiger partial charge in [-0.05, 0) is 19.1 Å². The molecule has 3 rings (SSSR count). The summed E-state index contributed by atoms with van der Waals surface area (Å²) in [6, 6.07) is 13.0. The van der Waals surface area contributed by atoms with Gasteiger partial charge < -0.3 is 5.32 Å². The molecule has 0 aliphatic heterocycles. The third-order valence-corrected chi connectivity index (χ3v) is 3.78. The van der Waals surface area contributed by atoms with Crippen LogP contribution in [-0.4, -0.2) is 4.98 Å². The Morgan fingerprint density at radius 1 is 0.957 bits per heavy atom. The zero-order chi connectivity index (χ0) is 16.4. The number of para-hydroxylation sites is 1. The van der Waals surface area contributed by atoms with E-state index in [1.54, 1.807) is 19.2 Å². The molecule has 1 aromatic heterocycles. The molecule has 1 N–H and O–H groups in total. The minimum absolute atomic E-state index is 0.212. The van der Waals surface area contributed by atoms with Gasteiger partial charge in [0.1, 0.15) is 5.82 Å². The van der Waals surface area contributed by atoms with Crippen molar-refractivity contribution >= 4 is 16.6 Å². The number of aromatic nitrogens is 1. The van der Waals surface area contributed by atoms with Crippen molar-refractivity contribution < 1.29 is 13.2 Å². The lowest BCUT2D eigenvalue weighted by Crippen LogP contribution is -2.10. The number of hydrogen-bond donors (Lipinski definition) is 1. The monoisotopic (exact) mass is 316 g/mol. The highest BCUT2D eigenvalue weighted by Gasteiger charge is 2.19. The van der Waals surface area contributed by atoms with Gasteiger partial charge in [-0.25, -0.2) is 13.2 Å². The molecule has 2 nitrogen and oxygen atoms in total. The molecule has 0 bridgehead atoms. The Labute approximate surface area is 132 Å². The topological polar surface area (TPSA) is 24.9 Å². The Hall–Kier alpha value is -2.56. The molecule has 0 saturated carbocycles. The Morgan fingerprint density at radius 2 is 1.70 bits per heavy atom. The molecule has 0 spiro atoms. The molecule has 1 atom stereocenters. The third-order valence-electron chi connectivity index (χ3n) is 3.78. The van der Waals surface area contributed by atoms with E-state index < -0.39 is 23.8 Å². The van der Waals surface area contributed by atoms with Crippen LogP contribution in [-0.2, 0) is 0 Å². The maximum atomic E-state index is 14.3. The van der Waals surface area contributed by atoms with Crippen LogP contribution >= 0.6 is 0 Å². The number of hydrogen-bond acceptors (Lipinski definition) is 2. The van der Waals surface area contributed by atoms with E-state index >= 15 is 0 Å².